The van der Waals surface area contributed by atoms with Crippen LogP contribution in [0.2, 0.25) is 0 Å². The average Bonchev–Trinajstić information content (AvgIpc) is 2.84. The van der Waals surface area contributed by atoms with Crippen molar-refractivity contribution in [3.63, 3.8) is 0 Å². The minimum atomic E-state index is -3.36. The van der Waals surface area contributed by atoms with Crippen molar-refractivity contribution in [2.75, 3.05) is 13.6 Å². The molecule has 4 nitrogen and oxygen atoms in total. The molecule has 1 aliphatic rings. The van der Waals surface area contributed by atoms with Gasteiger partial charge in [-0.05, 0) is 63.2 Å². The molecular formula is C15H26N2O2S2. The van der Waals surface area contributed by atoms with Gasteiger partial charge in [0.05, 0.1) is 0 Å². The highest BCUT2D eigenvalue weighted by Crippen LogP contribution is 2.30. The van der Waals surface area contributed by atoms with E-state index in [1.165, 1.54) is 17.8 Å². The van der Waals surface area contributed by atoms with Gasteiger partial charge in [-0.2, -0.15) is 0 Å². The van der Waals surface area contributed by atoms with Gasteiger partial charge in [-0.1, -0.05) is 13.8 Å². The van der Waals surface area contributed by atoms with E-state index in [-0.39, 0.29) is 6.04 Å². The maximum Gasteiger partial charge on any atom is 0.250 e. The minimum absolute atomic E-state index is 0.0802. The minimum Gasteiger partial charge on any atom is -0.319 e. The van der Waals surface area contributed by atoms with Crippen LogP contribution in [0.4, 0.5) is 0 Å². The summed E-state index contributed by atoms with van der Waals surface area (Å²) < 4.78 is 28.3. The molecule has 1 aliphatic carbocycles. The number of sulfonamides is 1. The molecule has 0 radical (unpaired) electrons. The summed E-state index contributed by atoms with van der Waals surface area (Å²) in [6, 6.07) is 3.73. The molecule has 120 valence electrons. The summed E-state index contributed by atoms with van der Waals surface area (Å²) in [5.74, 6) is 1.19. The predicted octanol–water partition coefficient (Wildman–Crippen LogP) is 2.61. The summed E-state index contributed by atoms with van der Waals surface area (Å²) in [6.07, 6.45) is 3.96. The number of nitrogens with one attached hydrogen (secondary N) is 2. The second-order valence-electron chi connectivity index (χ2n) is 6.31. The topological polar surface area (TPSA) is 58.2 Å². The van der Waals surface area contributed by atoms with Crippen LogP contribution in [-0.2, 0) is 16.4 Å². The Kier molecular flexibility index (Phi) is 5.82. The van der Waals surface area contributed by atoms with Gasteiger partial charge in [0, 0.05) is 10.9 Å². The molecule has 2 rings (SSSR count). The van der Waals surface area contributed by atoms with Crippen molar-refractivity contribution in [2.24, 2.45) is 11.8 Å². The van der Waals surface area contributed by atoms with Gasteiger partial charge < -0.3 is 5.32 Å². The van der Waals surface area contributed by atoms with E-state index in [0.717, 1.165) is 30.7 Å². The van der Waals surface area contributed by atoms with Crippen LogP contribution in [0.1, 0.15) is 38.0 Å². The molecule has 0 saturated heterocycles. The molecule has 6 heteroatoms. The molecule has 0 amide bonds. The summed E-state index contributed by atoms with van der Waals surface area (Å²) in [5.41, 5.74) is 0. The summed E-state index contributed by atoms with van der Waals surface area (Å²) in [7, 11) is -1.46. The predicted molar refractivity (Wildman–Crippen MR) is 88.2 cm³/mol. The lowest BCUT2D eigenvalue weighted by molar-refractivity contribution is 0.258. The van der Waals surface area contributed by atoms with Crippen LogP contribution in [0.25, 0.3) is 0 Å². The van der Waals surface area contributed by atoms with Gasteiger partial charge in [0.1, 0.15) is 4.21 Å². The van der Waals surface area contributed by atoms with E-state index >= 15 is 0 Å². The molecule has 2 N–H and O–H groups in total. The summed E-state index contributed by atoms with van der Waals surface area (Å²) in [4.78, 5) is 1.11. The molecule has 21 heavy (non-hydrogen) atoms. The molecular weight excluding hydrogens is 304 g/mol. The largest absolute Gasteiger partial charge is 0.319 e. The fourth-order valence-electron chi connectivity index (χ4n) is 3.21. The normalized spacial score (nSPS) is 26.9. The Morgan fingerprint density at radius 3 is 2.48 bits per heavy atom. The Labute approximate surface area is 132 Å². The van der Waals surface area contributed by atoms with Crippen LogP contribution in [0.3, 0.4) is 0 Å². The van der Waals surface area contributed by atoms with Gasteiger partial charge in [-0.25, -0.2) is 13.1 Å². The SMILES string of the molecule is CNCCc1ccc(S(=O)(=O)NC2CC(C)CC(C)C2)s1. The summed E-state index contributed by atoms with van der Waals surface area (Å²) in [6.45, 7) is 5.28. The first-order valence-corrected chi connectivity index (χ1v) is 9.96. The third-order valence-electron chi connectivity index (χ3n) is 4.02. The zero-order chi connectivity index (χ0) is 15.5. The highest BCUT2D eigenvalue weighted by Gasteiger charge is 2.28. The van der Waals surface area contributed by atoms with Crippen molar-refractivity contribution in [3.8, 4) is 0 Å². The highest BCUT2D eigenvalue weighted by molar-refractivity contribution is 7.91. The van der Waals surface area contributed by atoms with E-state index in [1.807, 2.05) is 13.1 Å². The van der Waals surface area contributed by atoms with Crippen molar-refractivity contribution in [1.82, 2.24) is 10.0 Å². The lowest BCUT2D eigenvalue weighted by Crippen LogP contribution is -2.39. The molecule has 0 spiro atoms. The number of thiophene rings is 1. The standard InChI is InChI=1S/C15H26N2O2S2/c1-11-8-12(2)10-13(9-11)17-21(18,19)15-5-4-14(20-15)6-7-16-3/h4-5,11-13,16-17H,6-10H2,1-3H3. The Morgan fingerprint density at radius 2 is 1.86 bits per heavy atom. The maximum atomic E-state index is 12.5. The van der Waals surface area contributed by atoms with Crippen molar-refractivity contribution in [3.05, 3.63) is 17.0 Å². The Balaban J connectivity index is 2.02. The van der Waals surface area contributed by atoms with Crippen molar-refractivity contribution >= 4 is 21.4 Å². The second-order valence-corrected chi connectivity index (χ2v) is 9.42. The molecule has 2 atom stereocenters. The quantitative estimate of drug-likeness (QED) is 0.843. The second kappa shape index (κ2) is 7.22. The van der Waals surface area contributed by atoms with Gasteiger partial charge in [0.25, 0.3) is 0 Å². The smallest absolute Gasteiger partial charge is 0.250 e. The number of hydrogen-bond acceptors (Lipinski definition) is 4. The monoisotopic (exact) mass is 330 g/mol. The van der Waals surface area contributed by atoms with Crippen LogP contribution < -0.4 is 10.0 Å². The van der Waals surface area contributed by atoms with E-state index < -0.39 is 10.0 Å². The fourth-order valence-corrected chi connectivity index (χ4v) is 5.84. The van der Waals surface area contributed by atoms with Crippen LogP contribution >= 0.6 is 11.3 Å². The van der Waals surface area contributed by atoms with E-state index in [0.29, 0.717) is 16.0 Å². The number of hydrogen-bond donors (Lipinski definition) is 2. The summed E-state index contributed by atoms with van der Waals surface area (Å²) in [5, 5.41) is 3.08. The molecule has 2 unspecified atom stereocenters. The van der Waals surface area contributed by atoms with Gasteiger partial charge in [-0.15, -0.1) is 11.3 Å². The lowest BCUT2D eigenvalue weighted by atomic mass is 9.81. The fraction of sp³-hybridized carbons (Fsp3) is 0.733. The Morgan fingerprint density at radius 1 is 1.19 bits per heavy atom. The molecule has 1 heterocycles. The average molecular weight is 331 g/mol. The van der Waals surface area contributed by atoms with Crippen molar-refractivity contribution < 1.29 is 8.42 Å². The van der Waals surface area contributed by atoms with Crippen LogP contribution in [0.5, 0.6) is 0 Å². The molecule has 1 saturated carbocycles. The van der Waals surface area contributed by atoms with Gasteiger partial charge in [-0.3, -0.25) is 0 Å². The zero-order valence-electron chi connectivity index (χ0n) is 13.1. The molecule has 1 fully saturated rings. The van der Waals surface area contributed by atoms with E-state index in [2.05, 4.69) is 23.9 Å². The molecule has 0 bridgehead atoms. The van der Waals surface area contributed by atoms with E-state index in [4.69, 9.17) is 0 Å². The maximum absolute atomic E-state index is 12.5. The number of rotatable bonds is 6. The first-order valence-electron chi connectivity index (χ1n) is 7.66. The van der Waals surface area contributed by atoms with Crippen LogP contribution in [-0.4, -0.2) is 28.1 Å². The molecule has 0 aliphatic heterocycles. The van der Waals surface area contributed by atoms with Crippen LogP contribution in [0, 0.1) is 11.8 Å². The Bertz CT molecular complexity index is 544. The number of likely N-dealkylation sites (N-methyl/N-ethyl adjacent to an activating group) is 1. The molecule has 1 aromatic rings. The van der Waals surface area contributed by atoms with Gasteiger partial charge >= 0.3 is 0 Å². The molecule has 0 aromatic carbocycles. The van der Waals surface area contributed by atoms with Crippen LogP contribution in [0.15, 0.2) is 16.3 Å². The van der Waals surface area contributed by atoms with Gasteiger partial charge in [0.2, 0.25) is 10.0 Å². The van der Waals surface area contributed by atoms with Crippen molar-refractivity contribution in [1.29, 1.82) is 0 Å². The first kappa shape index (κ1) is 16.9. The third-order valence-corrected chi connectivity index (χ3v) is 7.18. The zero-order valence-corrected chi connectivity index (χ0v) is 14.7. The Hall–Kier alpha value is -0.430. The highest BCUT2D eigenvalue weighted by atomic mass is 32.2. The van der Waals surface area contributed by atoms with Crippen molar-refractivity contribution in [2.45, 2.75) is 49.8 Å². The first-order chi connectivity index (χ1) is 9.90. The van der Waals surface area contributed by atoms with E-state index in [9.17, 15) is 8.42 Å². The molecule has 1 aromatic heterocycles. The van der Waals surface area contributed by atoms with Gasteiger partial charge in [0.15, 0.2) is 0 Å². The lowest BCUT2D eigenvalue weighted by Gasteiger charge is -2.31. The summed E-state index contributed by atoms with van der Waals surface area (Å²) >= 11 is 1.38. The third kappa shape index (κ3) is 4.77. The van der Waals surface area contributed by atoms with E-state index in [1.54, 1.807) is 6.07 Å².